The lowest BCUT2D eigenvalue weighted by molar-refractivity contribution is 0.0800. The zero-order valence-corrected chi connectivity index (χ0v) is 18.6. The van der Waals surface area contributed by atoms with Gasteiger partial charge in [-0.3, -0.25) is 9.67 Å². The molecule has 5 N–H and O–H groups in total. The fourth-order valence-electron chi connectivity index (χ4n) is 4.37. The van der Waals surface area contributed by atoms with E-state index in [0.717, 1.165) is 42.5 Å². The Morgan fingerprint density at radius 1 is 1.12 bits per heavy atom. The standard InChI is InChI=1S/C24H26FN7O/c1-13-18(9-28-11-20(13)26)17-6-14-7-21(29-10-19(14)24(27)23(17)25)30-22-8-15-4-3-5-16(33-2)12-32(15)31-22/h6-11,16H,3-5,12,26-27H2,1-2H3,(H,29,30,31). The van der Waals surface area contributed by atoms with Crippen LogP contribution in [0.25, 0.3) is 21.9 Å². The average Bonchev–Trinajstić information content (AvgIpc) is 3.07. The number of nitrogens with one attached hydrogen (secondary N) is 1. The first-order valence-corrected chi connectivity index (χ1v) is 10.9. The Morgan fingerprint density at radius 3 is 2.79 bits per heavy atom. The number of aromatic nitrogens is 4. The number of ether oxygens (including phenoxy) is 1. The van der Waals surface area contributed by atoms with Crippen LogP contribution in [-0.4, -0.2) is 33.0 Å². The van der Waals surface area contributed by atoms with Crippen molar-refractivity contribution < 1.29 is 9.13 Å². The normalized spacial score (nSPS) is 15.9. The van der Waals surface area contributed by atoms with Crippen LogP contribution in [-0.2, 0) is 17.7 Å². The first-order valence-electron chi connectivity index (χ1n) is 10.9. The molecule has 4 aromatic rings. The van der Waals surface area contributed by atoms with Gasteiger partial charge in [0.15, 0.2) is 11.6 Å². The minimum Gasteiger partial charge on any atom is -0.397 e. The van der Waals surface area contributed by atoms with Crippen molar-refractivity contribution in [3.63, 3.8) is 0 Å². The lowest BCUT2D eigenvalue weighted by atomic mass is 9.97. The van der Waals surface area contributed by atoms with Crippen molar-refractivity contribution in [3.05, 3.63) is 53.9 Å². The van der Waals surface area contributed by atoms with E-state index in [1.54, 1.807) is 31.8 Å². The number of hydrogen-bond donors (Lipinski definition) is 3. The smallest absolute Gasteiger partial charge is 0.154 e. The number of halogens is 1. The number of anilines is 4. The third-order valence-electron chi connectivity index (χ3n) is 6.33. The maximum Gasteiger partial charge on any atom is 0.154 e. The van der Waals surface area contributed by atoms with E-state index in [1.807, 2.05) is 23.7 Å². The number of pyridine rings is 2. The molecule has 0 amide bonds. The van der Waals surface area contributed by atoms with Gasteiger partial charge < -0.3 is 21.5 Å². The van der Waals surface area contributed by atoms with Crippen molar-refractivity contribution in [2.24, 2.45) is 0 Å². The third-order valence-corrected chi connectivity index (χ3v) is 6.33. The molecule has 0 aliphatic carbocycles. The molecule has 0 bridgehead atoms. The predicted octanol–water partition coefficient (Wildman–Crippen LogP) is 4.20. The van der Waals surface area contributed by atoms with Gasteiger partial charge in [0, 0.05) is 47.8 Å². The van der Waals surface area contributed by atoms with Crippen LogP contribution in [0.1, 0.15) is 24.1 Å². The van der Waals surface area contributed by atoms with Crippen LogP contribution in [0.5, 0.6) is 0 Å². The molecule has 0 fully saturated rings. The second-order valence-electron chi connectivity index (χ2n) is 8.42. The minimum atomic E-state index is -0.508. The molecule has 3 aromatic heterocycles. The van der Waals surface area contributed by atoms with E-state index in [1.165, 1.54) is 0 Å². The van der Waals surface area contributed by atoms with Gasteiger partial charge in [-0.05, 0) is 49.3 Å². The van der Waals surface area contributed by atoms with Gasteiger partial charge in [-0.25, -0.2) is 9.37 Å². The van der Waals surface area contributed by atoms with Crippen molar-refractivity contribution in [2.45, 2.75) is 38.8 Å². The summed E-state index contributed by atoms with van der Waals surface area (Å²) in [7, 11) is 1.74. The van der Waals surface area contributed by atoms with E-state index in [0.29, 0.717) is 33.8 Å². The molecule has 0 radical (unpaired) electrons. The molecule has 5 rings (SSSR count). The number of fused-ring (bicyclic) bond motifs is 2. The molecule has 1 aliphatic heterocycles. The molecule has 0 saturated heterocycles. The lowest BCUT2D eigenvalue weighted by Crippen LogP contribution is -2.18. The summed E-state index contributed by atoms with van der Waals surface area (Å²) >= 11 is 0. The predicted molar refractivity (Wildman–Crippen MR) is 128 cm³/mol. The Bertz CT molecular complexity index is 1350. The molecule has 1 atom stereocenters. The van der Waals surface area contributed by atoms with Gasteiger partial charge in [-0.2, -0.15) is 5.10 Å². The van der Waals surface area contributed by atoms with Crippen LogP contribution in [0.4, 0.5) is 27.4 Å². The Morgan fingerprint density at radius 2 is 1.97 bits per heavy atom. The number of methoxy groups -OCH3 is 1. The number of hydrogen-bond acceptors (Lipinski definition) is 7. The molecule has 1 aliphatic rings. The monoisotopic (exact) mass is 447 g/mol. The number of rotatable bonds is 4. The van der Waals surface area contributed by atoms with Gasteiger partial charge in [-0.15, -0.1) is 0 Å². The number of nitrogens with two attached hydrogens (primary N) is 2. The lowest BCUT2D eigenvalue weighted by Gasteiger charge is -2.13. The summed E-state index contributed by atoms with van der Waals surface area (Å²) in [5.41, 5.74) is 15.5. The maximum absolute atomic E-state index is 15.1. The maximum atomic E-state index is 15.1. The zero-order chi connectivity index (χ0) is 23.1. The Labute approximate surface area is 190 Å². The van der Waals surface area contributed by atoms with E-state index >= 15 is 4.39 Å². The van der Waals surface area contributed by atoms with Crippen LogP contribution in [0.15, 0.2) is 36.8 Å². The summed E-state index contributed by atoms with van der Waals surface area (Å²) in [6, 6.07) is 5.63. The number of benzene rings is 1. The number of nitrogens with zero attached hydrogens (tertiary/aromatic N) is 4. The van der Waals surface area contributed by atoms with Crippen molar-refractivity contribution in [2.75, 3.05) is 23.9 Å². The Kier molecular flexibility index (Phi) is 5.33. The molecule has 4 heterocycles. The zero-order valence-electron chi connectivity index (χ0n) is 18.6. The molecule has 1 aromatic carbocycles. The Balaban J connectivity index is 1.51. The second-order valence-corrected chi connectivity index (χ2v) is 8.42. The molecule has 9 heteroatoms. The summed E-state index contributed by atoms with van der Waals surface area (Å²) in [6.45, 7) is 2.56. The van der Waals surface area contributed by atoms with Crippen molar-refractivity contribution in [1.82, 2.24) is 19.7 Å². The molecule has 0 saturated carbocycles. The average molecular weight is 448 g/mol. The van der Waals surface area contributed by atoms with Crippen LogP contribution >= 0.6 is 0 Å². The van der Waals surface area contributed by atoms with Gasteiger partial charge in [0.1, 0.15) is 5.82 Å². The topological polar surface area (TPSA) is 117 Å². The van der Waals surface area contributed by atoms with Crippen molar-refractivity contribution in [3.8, 4) is 11.1 Å². The summed E-state index contributed by atoms with van der Waals surface area (Å²) in [6.07, 6.45) is 7.93. The first kappa shape index (κ1) is 21.1. The van der Waals surface area contributed by atoms with E-state index < -0.39 is 5.82 Å². The highest BCUT2D eigenvalue weighted by atomic mass is 19.1. The number of nitrogen functional groups attached to an aromatic ring is 2. The molecule has 1 unspecified atom stereocenters. The summed E-state index contributed by atoms with van der Waals surface area (Å²) < 4.78 is 22.7. The highest BCUT2D eigenvalue weighted by Gasteiger charge is 2.19. The molecule has 33 heavy (non-hydrogen) atoms. The van der Waals surface area contributed by atoms with Gasteiger partial charge in [0.25, 0.3) is 0 Å². The van der Waals surface area contributed by atoms with Gasteiger partial charge in [0.2, 0.25) is 0 Å². The van der Waals surface area contributed by atoms with Gasteiger partial charge in [-0.1, -0.05) is 0 Å². The van der Waals surface area contributed by atoms with E-state index in [2.05, 4.69) is 20.4 Å². The van der Waals surface area contributed by atoms with Crippen molar-refractivity contribution in [1.29, 1.82) is 0 Å². The molecule has 170 valence electrons. The largest absolute Gasteiger partial charge is 0.397 e. The van der Waals surface area contributed by atoms with Crippen LogP contribution in [0.2, 0.25) is 0 Å². The SMILES string of the molecule is COC1CCCc2cc(Nc3cc4cc(-c5cncc(N)c5C)c(F)c(N)c4cn3)nn2C1. The highest BCUT2D eigenvalue weighted by Crippen LogP contribution is 2.36. The second kappa shape index (κ2) is 8.32. The highest BCUT2D eigenvalue weighted by molar-refractivity contribution is 5.98. The fourth-order valence-corrected chi connectivity index (χ4v) is 4.37. The van der Waals surface area contributed by atoms with E-state index in [9.17, 15) is 0 Å². The quantitative estimate of drug-likeness (QED) is 0.401. The molecular formula is C24H26FN7O. The van der Waals surface area contributed by atoms with Crippen LogP contribution in [0.3, 0.4) is 0 Å². The summed E-state index contributed by atoms with van der Waals surface area (Å²) in [5.74, 6) is 0.796. The van der Waals surface area contributed by atoms with Crippen LogP contribution in [0, 0.1) is 12.7 Å². The summed E-state index contributed by atoms with van der Waals surface area (Å²) in [4.78, 5) is 8.55. The molecule has 0 spiro atoms. The van der Waals surface area contributed by atoms with E-state index in [-0.39, 0.29) is 11.8 Å². The minimum absolute atomic E-state index is 0.0442. The van der Waals surface area contributed by atoms with Crippen LogP contribution < -0.4 is 16.8 Å². The fraction of sp³-hybridized carbons (Fsp3) is 0.292. The van der Waals surface area contributed by atoms with Gasteiger partial charge in [0.05, 0.1) is 30.2 Å². The molecule has 8 nitrogen and oxygen atoms in total. The summed E-state index contributed by atoms with van der Waals surface area (Å²) in [5, 5.41) is 9.25. The van der Waals surface area contributed by atoms with Crippen molar-refractivity contribution >= 4 is 33.8 Å². The van der Waals surface area contributed by atoms with Gasteiger partial charge >= 0.3 is 0 Å². The first-order chi connectivity index (χ1) is 15.9. The van der Waals surface area contributed by atoms with E-state index in [4.69, 9.17) is 16.2 Å². The molecular weight excluding hydrogens is 421 g/mol. The number of aryl methyl sites for hydroxylation is 1. The Hall–Kier alpha value is -3.72. The third kappa shape index (κ3) is 3.84.